The maximum absolute atomic E-state index is 15.3. The Morgan fingerprint density at radius 2 is 1.97 bits per heavy atom. The molecule has 3 fully saturated rings. The summed E-state index contributed by atoms with van der Waals surface area (Å²) in [5.74, 6) is 0.355. The van der Waals surface area contributed by atoms with Crippen LogP contribution in [0.5, 0.6) is 5.75 Å². The van der Waals surface area contributed by atoms with Crippen molar-refractivity contribution in [3.8, 4) is 5.75 Å². The first-order chi connectivity index (χ1) is 18.1. The van der Waals surface area contributed by atoms with E-state index in [0.717, 1.165) is 69.7 Å². The second-order valence-corrected chi connectivity index (χ2v) is 10.7. The summed E-state index contributed by atoms with van der Waals surface area (Å²) in [5.41, 5.74) is 2.79. The van der Waals surface area contributed by atoms with Crippen LogP contribution in [0.1, 0.15) is 48.0 Å². The Balaban J connectivity index is 1.11. The SMILES string of the molecule is O=C1c2ccc(OC[C@@H]3CCCO3)cc2CCN1c1ccc(N2CCC(N3CCC[C@H]3CO)C2)c(F)c1. The van der Waals surface area contributed by atoms with E-state index in [9.17, 15) is 9.90 Å². The van der Waals surface area contributed by atoms with Crippen LogP contribution in [0.15, 0.2) is 36.4 Å². The summed E-state index contributed by atoms with van der Waals surface area (Å²) < 4.78 is 26.9. The molecule has 198 valence electrons. The van der Waals surface area contributed by atoms with Crippen molar-refractivity contribution in [1.82, 2.24) is 4.90 Å². The third-order valence-corrected chi connectivity index (χ3v) is 8.47. The highest BCUT2D eigenvalue weighted by atomic mass is 19.1. The van der Waals surface area contributed by atoms with E-state index in [0.29, 0.717) is 42.6 Å². The van der Waals surface area contributed by atoms with Crippen molar-refractivity contribution < 1.29 is 23.8 Å². The number of ether oxygens (including phenoxy) is 2. The normalized spacial score (nSPS) is 26.2. The molecular formula is C29H36FN3O4. The number of aliphatic hydroxyl groups excluding tert-OH is 1. The first-order valence-corrected chi connectivity index (χ1v) is 13.7. The van der Waals surface area contributed by atoms with Gasteiger partial charge in [-0.2, -0.15) is 0 Å². The number of likely N-dealkylation sites (tertiary alicyclic amines) is 1. The van der Waals surface area contributed by atoms with Crippen molar-refractivity contribution in [1.29, 1.82) is 0 Å². The number of hydrogen-bond acceptors (Lipinski definition) is 6. The van der Waals surface area contributed by atoms with E-state index in [-0.39, 0.29) is 30.5 Å². The number of carbonyl (C=O) groups is 1. The molecule has 3 atom stereocenters. The van der Waals surface area contributed by atoms with Crippen molar-refractivity contribution in [2.45, 2.75) is 56.7 Å². The topological polar surface area (TPSA) is 65.5 Å². The molecule has 1 unspecified atom stereocenters. The lowest BCUT2D eigenvalue weighted by Crippen LogP contribution is -2.42. The van der Waals surface area contributed by atoms with Crippen LogP contribution in [0.2, 0.25) is 0 Å². The lowest BCUT2D eigenvalue weighted by Gasteiger charge is -2.30. The first-order valence-electron chi connectivity index (χ1n) is 13.7. The van der Waals surface area contributed by atoms with Gasteiger partial charge in [0, 0.05) is 49.6 Å². The van der Waals surface area contributed by atoms with E-state index < -0.39 is 0 Å². The summed E-state index contributed by atoms with van der Waals surface area (Å²) in [5, 5.41) is 9.68. The molecule has 7 nitrogen and oxygen atoms in total. The average molecular weight is 510 g/mol. The second kappa shape index (κ2) is 10.6. The van der Waals surface area contributed by atoms with Crippen LogP contribution < -0.4 is 14.5 Å². The zero-order chi connectivity index (χ0) is 25.4. The number of hydrogen-bond donors (Lipinski definition) is 1. The van der Waals surface area contributed by atoms with Gasteiger partial charge in [-0.1, -0.05) is 0 Å². The van der Waals surface area contributed by atoms with E-state index >= 15 is 4.39 Å². The Bertz CT molecular complexity index is 1140. The second-order valence-electron chi connectivity index (χ2n) is 10.7. The summed E-state index contributed by atoms with van der Waals surface area (Å²) in [6, 6.07) is 11.4. The van der Waals surface area contributed by atoms with Crippen molar-refractivity contribution in [2.24, 2.45) is 0 Å². The van der Waals surface area contributed by atoms with Gasteiger partial charge in [-0.05, 0) is 87.0 Å². The molecule has 2 aromatic rings. The summed E-state index contributed by atoms with van der Waals surface area (Å²) in [4.78, 5) is 19.5. The van der Waals surface area contributed by atoms with Crippen LogP contribution >= 0.6 is 0 Å². The maximum Gasteiger partial charge on any atom is 0.258 e. The largest absolute Gasteiger partial charge is 0.491 e. The molecule has 1 amide bonds. The Morgan fingerprint density at radius 3 is 2.78 bits per heavy atom. The Labute approximate surface area is 217 Å². The van der Waals surface area contributed by atoms with E-state index in [1.807, 2.05) is 30.3 Å². The summed E-state index contributed by atoms with van der Waals surface area (Å²) in [6.07, 6.45) is 6.06. The molecule has 0 spiro atoms. The van der Waals surface area contributed by atoms with Gasteiger partial charge in [0.25, 0.3) is 5.91 Å². The molecule has 4 aliphatic heterocycles. The number of carbonyl (C=O) groups excluding carboxylic acids is 1. The van der Waals surface area contributed by atoms with E-state index in [1.54, 1.807) is 4.90 Å². The summed E-state index contributed by atoms with van der Waals surface area (Å²) >= 11 is 0. The number of fused-ring (bicyclic) bond motifs is 1. The van der Waals surface area contributed by atoms with Crippen LogP contribution in [0.4, 0.5) is 15.8 Å². The van der Waals surface area contributed by atoms with Gasteiger partial charge in [-0.3, -0.25) is 9.69 Å². The molecule has 4 aliphatic rings. The zero-order valence-corrected chi connectivity index (χ0v) is 21.3. The number of anilines is 2. The minimum absolute atomic E-state index is 0.107. The lowest BCUT2D eigenvalue weighted by atomic mass is 9.98. The number of nitrogens with zero attached hydrogens (tertiary/aromatic N) is 3. The number of halogens is 1. The summed E-state index contributed by atoms with van der Waals surface area (Å²) in [7, 11) is 0. The van der Waals surface area contributed by atoms with Gasteiger partial charge in [0.2, 0.25) is 0 Å². The molecule has 0 radical (unpaired) electrons. The quantitative estimate of drug-likeness (QED) is 0.615. The molecular weight excluding hydrogens is 473 g/mol. The van der Waals surface area contributed by atoms with Crippen LogP contribution in [0.3, 0.4) is 0 Å². The monoisotopic (exact) mass is 509 g/mol. The predicted molar refractivity (Wildman–Crippen MR) is 140 cm³/mol. The highest BCUT2D eigenvalue weighted by molar-refractivity contribution is 6.08. The fourth-order valence-electron chi connectivity index (χ4n) is 6.45. The third-order valence-electron chi connectivity index (χ3n) is 8.47. The number of rotatable bonds is 7. The fraction of sp³-hybridized carbons (Fsp3) is 0.552. The van der Waals surface area contributed by atoms with Crippen molar-refractivity contribution in [3.63, 3.8) is 0 Å². The van der Waals surface area contributed by atoms with Crippen LogP contribution in [0.25, 0.3) is 0 Å². The van der Waals surface area contributed by atoms with Gasteiger partial charge < -0.3 is 24.4 Å². The van der Waals surface area contributed by atoms with Gasteiger partial charge in [-0.25, -0.2) is 4.39 Å². The van der Waals surface area contributed by atoms with Crippen molar-refractivity contribution in [3.05, 3.63) is 53.3 Å². The van der Waals surface area contributed by atoms with Crippen LogP contribution in [-0.2, 0) is 11.2 Å². The van der Waals surface area contributed by atoms with Gasteiger partial charge in [0.05, 0.1) is 18.4 Å². The molecule has 0 aromatic heterocycles. The molecule has 0 bridgehead atoms. The zero-order valence-electron chi connectivity index (χ0n) is 21.3. The van der Waals surface area contributed by atoms with Gasteiger partial charge in [-0.15, -0.1) is 0 Å². The molecule has 1 N–H and O–H groups in total. The maximum atomic E-state index is 15.3. The summed E-state index contributed by atoms with van der Waals surface area (Å²) in [6.45, 7) is 4.59. The minimum Gasteiger partial charge on any atom is -0.491 e. The molecule has 0 saturated carbocycles. The van der Waals surface area contributed by atoms with Crippen molar-refractivity contribution >= 4 is 17.3 Å². The van der Waals surface area contributed by atoms with E-state index in [2.05, 4.69) is 9.80 Å². The van der Waals surface area contributed by atoms with Crippen molar-refractivity contribution in [2.75, 3.05) is 55.8 Å². The fourth-order valence-corrected chi connectivity index (χ4v) is 6.45. The molecule has 8 heteroatoms. The predicted octanol–water partition coefficient (Wildman–Crippen LogP) is 3.62. The molecule has 6 rings (SSSR count). The first kappa shape index (κ1) is 24.6. The molecule has 4 heterocycles. The minimum atomic E-state index is -0.297. The lowest BCUT2D eigenvalue weighted by molar-refractivity contribution is 0.0679. The number of amides is 1. The van der Waals surface area contributed by atoms with Gasteiger partial charge in [0.1, 0.15) is 18.2 Å². The Kier molecular flexibility index (Phi) is 7.06. The highest BCUT2D eigenvalue weighted by Crippen LogP contribution is 2.33. The third kappa shape index (κ3) is 4.94. The smallest absolute Gasteiger partial charge is 0.258 e. The standard InChI is InChI=1S/C29H36FN3O4/c30-27-16-21(5-8-28(27)31-12-10-22(17-31)32-11-1-3-23(32)18-34)33-13-9-20-15-24(6-7-26(20)29(33)35)37-19-25-4-2-14-36-25/h5-8,15-16,22-23,25,34H,1-4,9-14,17-19H2/t22?,23-,25-/m0/s1. The van der Waals surface area contributed by atoms with Crippen LogP contribution in [0, 0.1) is 5.82 Å². The molecule has 0 aliphatic carbocycles. The van der Waals surface area contributed by atoms with Crippen LogP contribution in [-0.4, -0.2) is 80.1 Å². The molecule has 3 saturated heterocycles. The number of benzene rings is 2. The highest BCUT2D eigenvalue weighted by Gasteiger charge is 2.35. The van der Waals surface area contributed by atoms with Gasteiger partial charge >= 0.3 is 0 Å². The molecule has 37 heavy (non-hydrogen) atoms. The van der Waals surface area contributed by atoms with E-state index in [4.69, 9.17) is 9.47 Å². The number of aliphatic hydroxyl groups is 1. The Hall–Kier alpha value is -2.68. The van der Waals surface area contributed by atoms with E-state index in [1.165, 1.54) is 6.07 Å². The van der Waals surface area contributed by atoms with Gasteiger partial charge in [0.15, 0.2) is 0 Å². The molecule has 2 aromatic carbocycles. The average Bonchev–Trinajstić information content (AvgIpc) is 3.69. The Morgan fingerprint density at radius 1 is 1.05 bits per heavy atom.